The predicted molar refractivity (Wildman–Crippen MR) is 82.3 cm³/mol. The van der Waals surface area contributed by atoms with Crippen molar-refractivity contribution in [1.29, 1.82) is 0 Å². The molecule has 0 aliphatic heterocycles. The third-order valence-corrected chi connectivity index (χ3v) is 5.29. The summed E-state index contributed by atoms with van der Waals surface area (Å²) in [5, 5.41) is 10.1. The SMILES string of the molecule is Cc1ccc(S(=O)(=O)CC(O)c2ccc(Br)cc2)cc1. The Morgan fingerprint density at radius 3 is 2.15 bits per heavy atom. The highest BCUT2D eigenvalue weighted by molar-refractivity contribution is 9.10. The van der Waals surface area contributed by atoms with Crippen LogP contribution in [0.3, 0.4) is 0 Å². The van der Waals surface area contributed by atoms with Gasteiger partial charge in [-0.2, -0.15) is 0 Å². The average Bonchev–Trinajstić information content (AvgIpc) is 2.39. The normalized spacial score (nSPS) is 13.2. The van der Waals surface area contributed by atoms with Gasteiger partial charge in [-0.3, -0.25) is 0 Å². The number of hydrogen-bond donors (Lipinski definition) is 1. The van der Waals surface area contributed by atoms with E-state index in [4.69, 9.17) is 0 Å². The fraction of sp³-hybridized carbons (Fsp3) is 0.200. The Kier molecular flexibility index (Phi) is 4.62. The Morgan fingerprint density at radius 1 is 1.05 bits per heavy atom. The maximum absolute atomic E-state index is 12.2. The van der Waals surface area contributed by atoms with Gasteiger partial charge in [-0.1, -0.05) is 45.8 Å². The first kappa shape index (κ1) is 15.2. The molecule has 5 heteroatoms. The quantitative estimate of drug-likeness (QED) is 0.916. The number of aliphatic hydroxyl groups excluding tert-OH is 1. The van der Waals surface area contributed by atoms with Gasteiger partial charge in [0.05, 0.1) is 16.8 Å². The van der Waals surface area contributed by atoms with Crippen LogP contribution in [0.5, 0.6) is 0 Å². The smallest absolute Gasteiger partial charge is 0.181 e. The van der Waals surface area contributed by atoms with Crippen LogP contribution in [-0.4, -0.2) is 19.3 Å². The van der Waals surface area contributed by atoms with Crippen molar-refractivity contribution in [2.24, 2.45) is 0 Å². The minimum absolute atomic E-state index is 0.235. The molecule has 0 aromatic heterocycles. The minimum atomic E-state index is -3.50. The molecule has 0 aliphatic carbocycles. The number of aliphatic hydroxyl groups is 1. The molecule has 0 radical (unpaired) electrons. The largest absolute Gasteiger partial charge is 0.387 e. The number of sulfone groups is 1. The van der Waals surface area contributed by atoms with E-state index in [0.29, 0.717) is 5.56 Å². The standard InChI is InChI=1S/C15H15BrO3S/c1-11-2-8-14(9-3-11)20(18,19)10-15(17)12-4-6-13(16)7-5-12/h2-9,15,17H,10H2,1H3. The Labute approximate surface area is 127 Å². The highest BCUT2D eigenvalue weighted by Gasteiger charge is 2.20. The van der Waals surface area contributed by atoms with E-state index in [2.05, 4.69) is 15.9 Å². The lowest BCUT2D eigenvalue weighted by Crippen LogP contribution is -2.14. The Morgan fingerprint density at radius 2 is 1.60 bits per heavy atom. The first-order chi connectivity index (χ1) is 9.38. The van der Waals surface area contributed by atoms with Crippen molar-refractivity contribution < 1.29 is 13.5 Å². The summed E-state index contributed by atoms with van der Waals surface area (Å²) >= 11 is 3.30. The van der Waals surface area contributed by atoms with Crippen LogP contribution < -0.4 is 0 Å². The Hall–Kier alpha value is -1.17. The molecule has 1 atom stereocenters. The maximum atomic E-state index is 12.2. The predicted octanol–water partition coefficient (Wildman–Crippen LogP) is 3.26. The van der Waals surface area contributed by atoms with Crippen LogP contribution in [0.15, 0.2) is 57.9 Å². The molecule has 2 aromatic carbocycles. The zero-order valence-corrected chi connectivity index (χ0v) is 13.4. The van der Waals surface area contributed by atoms with Gasteiger partial charge < -0.3 is 5.11 Å². The molecule has 0 saturated carbocycles. The van der Waals surface area contributed by atoms with Crippen molar-refractivity contribution >= 4 is 25.8 Å². The molecule has 1 unspecified atom stereocenters. The molecule has 0 spiro atoms. The van der Waals surface area contributed by atoms with E-state index in [1.165, 1.54) is 0 Å². The molecule has 0 heterocycles. The van der Waals surface area contributed by atoms with Gasteiger partial charge in [0.1, 0.15) is 0 Å². The molecule has 2 rings (SSSR count). The van der Waals surface area contributed by atoms with E-state index < -0.39 is 15.9 Å². The summed E-state index contributed by atoms with van der Waals surface area (Å²) in [6.45, 7) is 1.90. The summed E-state index contributed by atoms with van der Waals surface area (Å²) in [4.78, 5) is 0.235. The minimum Gasteiger partial charge on any atom is -0.387 e. The lowest BCUT2D eigenvalue weighted by Gasteiger charge is -2.12. The third kappa shape index (κ3) is 3.69. The van der Waals surface area contributed by atoms with Gasteiger partial charge in [0.15, 0.2) is 9.84 Å². The number of aryl methyl sites for hydroxylation is 1. The van der Waals surface area contributed by atoms with E-state index in [1.54, 1.807) is 48.5 Å². The van der Waals surface area contributed by atoms with Gasteiger partial charge >= 0.3 is 0 Å². The van der Waals surface area contributed by atoms with Gasteiger partial charge in [-0.25, -0.2) is 8.42 Å². The zero-order chi connectivity index (χ0) is 14.8. The van der Waals surface area contributed by atoms with Crippen LogP contribution in [0.4, 0.5) is 0 Å². The number of halogens is 1. The van der Waals surface area contributed by atoms with Crippen molar-refractivity contribution in [2.45, 2.75) is 17.9 Å². The lowest BCUT2D eigenvalue weighted by atomic mass is 10.1. The van der Waals surface area contributed by atoms with E-state index >= 15 is 0 Å². The van der Waals surface area contributed by atoms with E-state index in [1.807, 2.05) is 6.92 Å². The molecule has 0 fully saturated rings. The Balaban J connectivity index is 2.19. The number of rotatable bonds is 4. The molecule has 106 valence electrons. The van der Waals surface area contributed by atoms with Gasteiger partial charge in [-0.15, -0.1) is 0 Å². The molecule has 2 aromatic rings. The van der Waals surface area contributed by atoms with Crippen LogP contribution in [0, 0.1) is 6.92 Å². The summed E-state index contributed by atoms with van der Waals surface area (Å²) in [7, 11) is -3.50. The van der Waals surface area contributed by atoms with Crippen LogP contribution in [0.2, 0.25) is 0 Å². The van der Waals surface area contributed by atoms with E-state index in [0.717, 1.165) is 10.0 Å². The second-order valence-electron chi connectivity index (χ2n) is 4.66. The van der Waals surface area contributed by atoms with E-state index in [9.17, 15) is 13.5 Å². The Bertz CT molecular complexity index is 676. The highest BCUT2D eigenvalue weighted by atomic mass is 79.9. The second kappa shape index (κ2) is 6.08. The van der Waals surface area contributed by atoms with Gasteiger partial charge in [-0.05, 0) is 36.8 Å². The molecule has 0 saturated heterocycles. The third-order valence-electron chi connectivity index (χ3n) is 3.01. The van der Waals surface area contributed by atoms with Crippen molar-refractivity contribution in [3.63, 3.8) is 0 Å². The van der Waals surface area contributed by atoms with Gasteiger partial charge in [0.2, 0.25) is 0 Å². The molecular weight excluding hydrogens is 340 g/mol. The van der Waals surface area contributed by atoms with Crippen LogP contribution in [0.1, 0.15) is 17.2 Å². The fourth-order valence-electron chi connectivity index (χ4n) is 1.83. The van der Waals surface area contributed by atoms with Crippen LogP contribution in [0.25, 0.3) is 0 Å². The average molecular weight is 355 g/mol. The summed E-state index contributed by atoms with van der Waals surface area (Å²) in [5.41, 5.74) is 1.58. The molecule has 0 amide bonds. The number of hydrogen-bond acceptors (Lipinski definition) is 3. The lowest BCUT2D eigenvalue weighted by molar-refractivity contribution is 0.201. The molecule has 1 N–H and O–H groups in total. The van der Waals surface area contributed by atoms with E-state index in [-0.39, 0.29) is 10.6 Å². The maximum Gasteiger partial charge on any atom is 0.181 e. The summed E-state index contributed by atoms with van der Waals surface area (Å²) in [6, 6.07) is 13.6. The van der Waals surface area contributed by atoms with Crippen molar-refractivity contribution in [2.75, 3.05) is 5.75 Å². The summed E-state index contributed by atoms with van der Waals surface area (Å²) in [6.07, 6.45) is -1.03. The molecular formula is C15H15BrO3S. The van der Waals surface area contributed by atoms with Crippen molar-refractivity contribution in [1.82, 2.24) is 0 Å². The van der Waals surface area contributed by atoms with Crippen LogP contribution in [-0.2, 0) is 9.84 Å². The highest BCUT2D eigenvalue weighted by Crippen LogP contribution is 2.21. The van der Waals surface area contributed by atoms with Gasteiger partial charge in [0.25, 0.3) is 0 Å². The van der Waals surface area contributed by atoms with Crippen molar-refractivity contribution in [3.8, 4) is 0 Å². The van der Waals surface area contributed by atoms with Crippen LogP contribution >= 0.6 is 15.9 Å². The molecule has 0 bridgehead atoms. The first-order valence-electron chi connectivity index (χ1n) is 6.11. The summed E-state index contributed by atoms with van der Waals surface area (Å²) in [5.74, 6) is -0.322. The van der Waals surface area contributed by atoms with Crippen molar-refractivity contribution in [3.05, 3.63) is 64.1 Å². The molecule has 20 heavy (non-hydrogen) atoms. The van der Waals surface area contributed by atoms with Gasteiger partial charge in [0, 0.05) is 4.47 Å². The number of benzene rings is 2. The zero-order valence-electron chi connectivity index (χ0n) is 11.0. The molecule has 0 aliphatic rings. The fourth-order valence-corrected chi connectivity index (χ4v) is 3.45. The summed E-state index contributed by atoms with van der Waals surface area (Å²) < 4.78 is 25.3. The molecule has 3 nitrogen and oxygen atoms in total. The first-order valence-corrected chi connectivity index (χ1v) is 8.56. The monoisotopic (exact) mass is 354 g/mol. The topological polar surface area (TPSA) is 54.4 Å². The second-order valence-corrected chi connectivity index (χ2v) is 7.61.